The second kappa shape index (κ2) is 8.19. The smallest absolute Gasteiger partial charge is 0.236 e. The van der Waals surface area contributed by atoms with Crippen LogP contribution in [-0.2, 0) is 15.8 Å². The van der Waals surface area contributed by atoms with Gasteiger partial charge in [-0.2, -0.15) is 0 Å². The second-order valence-electron chi connectivity index (χ2n) is 6.83. The van der Waals surface area contributed by atoms with Crippen molar-refractivity contribution in [3.8, 4) is 21.8 Å². The van der Waals surface area contributed by atoms with Crippen LogP contribution in [0.3, 0.4) is 0 Å². The Morgan fingerprint density at radius 1 is 0.897 bits per heavy atom. The van der Waals surface area contributed by atoms with E-state index in [2.05, 4.69) is 4.72 Å². The summed E-state index contributed by atoms with van der Waals surface area (Å²) in [6.45, 7) is 1.95. The lowest BCUT2D eigenvalue weighted by molar-refractivity contribution is 0.600. The average Bonchev–Trinajstić information content (AvgIpc) is 3.18. The number of aromatic nitrogens is 1. The summed E-state index contributed by atoms with van der Waals surface area (Å²) in [5.74, 6) is -0.0617. The maximum atomic E-state index is 12.6. The summed E-state index contributed by atoms with van der Waals surface area (Å²) in [7, 11) is -3.51. The molecule has 0 atom stereocenters. The number of aryl methyl sites for hydroxylation is 1. The molecule has 0 aliphatic heterocycles. The first kappa shape index (κ1) is 19.4. The largest absolute Gasteiger partial charge is 0.283 e. The van der Waals surface area contributed by atoms with Crippen LogP contribution in [0.4, 0.5) is 5.69 Å². The number of sulfonamides is 1. The highest BCUT2D eigenvalue weighted by molar-refractivity contribution is 7.91. The van der Waals surface area contributed by atoms with Gasteiger partial charge in [0.2, 0.25) is 10.0 Å². The Kier molecular flexibility index (Phi) is 5.47. The molecular weight excluding hydrogens is 400 g/mol. The molecule has 0 aliphatic rings. The predicted molar refractivity (Wildman–Crippen MR) is 120 cm³/mol. The van der Waals surface area contributed by atoms with Gasteiger partial charge in [0.15, 0.2) is 0 Å². The van der Waals surface area contributed by atoms with E-state index >= 15 is 0 Å². The van der Waals surface area contributed by atoms with Crippen LogP contribution >= 0.6 is 11.3 Å². The molecule has 0 aliphatic carbocycles. The molecule has 29 heavy (non-hydrogen) atoms. The number of anilines is 1. The van der Waals surface area contributed by atoms with E-state index in [9.17, 15) is 8.42 Å². The van der Waals surface area contributed by atoms with Gasteiger partial charge in [0, 0.05) is 22.2 Å². The summed E-state index contributed by atoms with van der Waals surface area (Å²) < 4.78 is 27.9. The van der Waals surface area contributed by atoms with E-state index in [0.717, 1.165) is 33.0 Å². The third kappa shape index (κ3) is 4.91. The summed E-state index contributed by atoms with van der Waals surface area (Å²) in [5, 5.41) is 2.92. The molecule has 4 nitrogen and oxygen atoms in total. The van der Waals surface area contributed by atoms with Crippen molar-refractivity contribution in [1.29, 1.82) is 0 Å². The predicted octanol–water partition coefficient (Wildman–Crippen LogP) is 5.73. The molecule has 0 bridgehead atoms. The fourth-order valence-electron chi connectivity index (χ4n) is 3.10. The molecule has 0 saturated heterocycles. The van der Waals surface area contributed by atoms with Crippen molar-refractivity contribution in [2.45, 2.75) is 12.7 Å². The van der Waals surface area contributed by atoms with Crippen molar-refractivity contribution >= 4 is 27.0 Å². The molecule has 0 amide bonds. The maximum Gasteiger partial charge on any atom is 0.236 e. The van der Waals surface area contributed by atoms with Crippen LogP contribution in [-0.4, -0.2) is 13.4 Å². The van der Waals surface area contributed by atoms with Crippen molar-refractivity contribution in [1.82, 2.24) is 4.98 Å². The maximum absolute atomic E-state index is 12.6. The molecule has 0 spiro atoms. The van der Waals surface area contributed by atoms with E-state index in [-0.39, 0.29) is 5.75 Å². The van der Waals surface area contributed by atoms with Crippen LogP contribution in [0.15, 0.2) is 84.2 Å². The van der Waals surface area contributed by atoms with Gasteiger partial charge in [-0.25, -0.2) is 13.4 Å². The van der Waals surface area contributed by atoms with Crippen LogP contribution in [0.2, 0.25) is 0 Å². The number of rotatable bonds is 6. The molecule has 4 rings (SSSR count). The number of thiazole rings is 1. The summed E-state index contributed by atoms with van der Waals surface area (Å²) in [6.07, 6.45) is 0. The highest BCUT2D eigenvalue weighted by Gasteiger charge is 2.13. The van der Waals surface area contributed by atoms with E-state index in [1.807, 2.05) is 85.1 Å². The van der Waals surface area contributed by atoms with Crippen LogP contribution in [0.1, 0.15) is 11.1 Å². The minimum atomic E-state index is -3.51. The number of nitrogens with zero attached hydrogens (tertiary/aromatic N) is 1. The highest BCUT2D eigenvalue weighted by Crippen LogP contribution is 2.30. The zero-order valence-electron chi connectivity index (χ0n) is 15.9. The summed E-state index contributed by atoms with van der Waals surface area (Å²) in [5.41, 5.74) is 5.11. The lowest BCUT2D eigenvalue weighted by Crippen LogP contribution is -2.15. The quantitative estimate of drug-likeness (QED) is 0.433. The number of hydrogen-bond donors (Lipinski definition) is 1. The first-order chi connectivity index (χ1) is 14.0. The van der Waals surface area contributed by atoms with Crippen molar-refractivity contribution in [2.24, 2.45) is 0 Å². The van der Waals surface area contributed by atoms with Crippen molar-refractivity contribution in [3.05, 3.63) is 95.4 Å². The lowest BCUT2D eigenvalue weighted by atomic mass is 10.1. The average molecular weight is 421 g/mol. The standard InChI is InChI=1S/C23H20N2O2S2/c1-17-7-5-8-18(13-17)16-29(26,27)25-21-12-6-11-20(14-21)22-15-28-23(24-22)19-9-3-2-4-10-19/h2-15,25H,16H2,1H3. The Balaban J connectivity index is 1.54. The van der Waals surface area contributed by atoms with Gasteiger partial charge in [-0.3, -0.25) is 4.72 Å². The molecule has 146 valence electrons. The van der Waals surface area contributed by atoms with Gasteiger partial charge in [-0.05, 0) is 24.6 Å². The van der Waals surface area contributed by atoms with E-state index < -0.39 is 10.0 Å². The third-order valence-electron chi connectivity index (χ3n) is 4.40. The zero-order chi connectivity index (χ0) is 20.3. The first-order valence-corrected chi connectivity index (χ1v) is 11.7. The number of nitrogens with one attached hydrogen (secondary N) is 1. The molecule has 1 heterocycles. The normalized spacial score (nSPS) is 11.3. The molecule has 0 radical (unpaired) electrons. The molecule has 4 aromatic rings. The van der Waals surface area contributed by atoms with Gasteiger partial charge in [0.25, 0.3) is 0 Å². The summed E-state index contributed by atoms with van der Waals surface area (Å²) >= 11 is 1.57. The van der Waals surface area contributed by atoms with E-state index in [4.69, 9.17) is 4.98 Å². The number of benzene rings is 3. The Labute approximate surface area is 175 Å². The molecule has 3 aromatic carbocycles. The summed E-state index contributed by atoms with van der Waals surface area (Å²) in [4.78, 5) is 4.71. The van der Waals surface area contributed by atoms with E-state index in [1.165, 1.54) is 0 Å². The highest BCUT2D eigenvalue weighted by atomic mass is 32.2. The molecule has 6 heteroatoms. The molecule has 1 aromatic heterocycles. The van der Waals surface area contributed by atoms with Crippen molar-refractivity contribution < 1.29 is 8.42 Å². The van der Waals surface area contributed by atoms with Crippen molar-refractivity contribution in [2.75, 3.05) is 4.72 Å². The first-order valence-electron chi connectivity index (χ1n) is 9.16. The molecule has 0 saturated carbocycles. The van der Waals surface area contributed by atoms with Crippen molar-refractivity contribution in [3.63, 3.8) is 0 Å². The zero-order valence-corrected chi connectivity index (χ0v) is 17.5. The van der Waals surface area contributed by atoms with Crippen LogP contribution in [0, 0.1) is 6.92 Å². The van der Waals surface area contributed by atoms with Crippen LogP contribution in [0.25, 0.3) is 21.8 Å². The van der Waals surface area contributed by atoms with Gasteiger partial charge in [0.05, 0.1) is 11.4 Å². The Bertz CT molecular complexity index is 1230. The van der Waals surface area contributed by atoms with Gasteiger partial charge in [-0.15, -0.1) is 11.3 Å². The molecule has 1 N–H and O–H groups in total. The van der Waals surface area contributed by atoms with E-state index in [1.54, 1.807) is 17.4 Å². The van der Waals surface area contributed by atoms with Gasteiger partial charge in [-0.1, -0.05) is 72.3 Å². The Hall–Kier alpha value is -2.96. The molecule has 0 fully saturated rings. The Morgan fingerprint density at radius 3 is 2.45 bits per heavy atom. The van der Waals surface area contributed by atoms with Gasteiger partial charge < -0.3 is 0 Å². The minimum Gasteiger partial charge on any atom is -0.283 e. The SMILES string of the molecule is Cc1cccc(CS(=O)(=O)Nc2cccc(-c3csc(-c4ccccc4)n3)c2)c1. The molecule has 0 unspecified atom stereocenters. The van der Waals surface area contributed by atoms with Crippen LogP contribution < -0.4 is 4.72 Å². The van der Waals surface area contributed by atoms with E-state index in [0.29, 0.717) is 5.69 Å². The molecular formula is C23H20N2O2S2. The second-order valence-corrected chi connectivity index (χ2v) is 9.42. The minimum absolute atomic E-state index is 0.0617. The lowest BCUT2D eigenvalue weighted by Gasteiger charge is -2.09. The number of hydrogen-bond acceptors (Lipinski definition) is 4. The fourth-order valence-corrected chi connectivity index (χ4v) is 5.11. The Morgan fingerprint density at radius 2 is 1.66 bits per heavy atom. The topological polar surface area (TPSA) is 59.1 Å². The third-order valence-corrected chi connectivity index (χ3v) is 6.55. The van der Waals surface area contributed by atoms with Crippen LogP contribution in [0.5, 0.6) is 0 Å². The fraction of sp³-hybridized carbons (Fsp3) is 0.0870. The monoisotopic (exact) mass is 420 g/mol. The van der Waals surface area contributed by atoms with Gasteiger partial charge >= 0.3 is 0 Å². The van der Waals surface area contributed by atoms with Gasteiger partial charge in [0.1, 0.15) is 5.01 Å². The summed E-state index contributed by atoms with van der Waals surface area (Å²) in [6, 6.07) is 24.9.